The van der Waals surface area contributed by atoms with Gasteiger partial charge in [-0.25, -0.2) is 14.8 Å². The number of nitrogens with zero attached hydrogens (tertiary/aromatic N) is 4. The lowest BCUT2D eigenvalue weighted by molar-refractivity contribution is 0.0526. The highest BCUT2D eigenvalue weighted by atomic mass is 16.6. The van der Waals surface area contributed by atoms with Crippen molar-refractivity contribution in [2.75, 3.05) is 12.3 Å². The molecular weight excluding hydrogens is 356 g/mol. The van der Waals surface area contributed by atoms with Gasteiger partial charge in [0.15, 0.2) is 5.82 Å². The highest BCUT2D eigenvalue weighted by molar-refractivity contribution is 6.04. The number of carbonyl (C=O) groups is 1. The van der Waals surface area contributed by atoms with Crippen LogP contribution in [0.3, 0.4) is 0 Å². The zero-order valence-corrected chi connectivity index (χ0v) is 17.0. The molecule has 0 atom stereocenters. The quantitative estimate of drug-likeness (QED) is 0.674. The minimum absolute atomic E-state index is 0.395. The van der Waals surface area contributed by atoms with Gasteiger partial charge in [0.25, 0.3) is 0 Å². The summed E-state index contributed by atoms with van der Waals surface area (Å²) >= 11 is 0. The Balaban J connectivity index is 1.95. The standard InChI is InChI=1S/C20H28N6O2/c1-5-6-9-14-25-16-17(15-13(24-18(16)21)8-7-10-22-15)26(14)12-11-23-19(27)28-20(2,3)4/h7-8,10H,5-6,9,11-12H2,1-4H3,(H2,21,24)(H,23,27). The highest BCUT2D eigenvalue weighted by Crippen LogP contribution is 2.27. The number of nitrogens with one attached hydrogen (secondary N) is 1. The van der Waals surface area contributed by atoms with Crippen molar-refractivity contribution in [3.63, 3.8) is 0 Å². The second kappa shape index (κ2) is 8.00. The Morgan fingerprint density at radius 3 is 2.79 bits per heavy atom. The van der Waals surface area contributed by atoms with E-state index in [9.17, 15) is 4.79 Å². The molecule has 8 nitrogen and oxygen atoms in total. The Bertz CT molecular complexity index is 990. The Morgan fingerprint density at radius 2 is 2.07 bits per heavy atom. The molecule has 0 bridgehead atoms. The van der Waals surface area contributed by atoms with Crippen LogP contribution in [0.25, 0.3) is 22.1 Å². The predicted octanol–water partition coefficient (Wildman–Crippen LogP) is 3.43. The van der Waals surface area contributed by atoms with Gasteiger partial charge in [-0.3, -0.25) is 4.98 Å². The van der Waals surface area contributed by atoms with Gasteiger partial charge >= 0.3 is 6.09 Å². The topological polar surface area (TPSA) is 108 Å². The number of rotatable bonds is 6. The average Bonchev–Trinajstić information content (AvgIpc) is 2.98. The number of nitrogen functional groups attached to an aromatic ring is 1. The average molecular weight is 384 g/mol. The summed E-state index contributed by atoms with van der Waals surface area (Å²) < 4.78 is 7.40. The number of amides is 1. The number of aromatic nitrogens is 4. The van der Waals surface area contributed by atoms with Gasteiger partial charge in [-0.05, 0) is 39.3 Å². The number of nitrogens with two attached hydrogens (primary N) is 1. The van der Waals surface area contributed by atoms with Crippen LogP contribution in [0.4, 0.5) is 10.6 Å². The third-order valence-electron chi connectivity index (χ3n) is 4.30. The van der Waals surface area contributed by atoms with Crippen LogP contribution in [0.5, 0.6) is 0 Å². The monoisotopic (exact) mass is 384 g/mol. The minimum Gasteiger partial charge on any atom is -0.444 e. The van der Waals surface area contributed by atoms with E-state index in [-0.39, 0.29) is 0 Å². The van der Waals surface area contributed by atoms with Crippen molar-refractivity contribution in [2.24, 2.45) is 0 Å². The molecule has 3 aromatic rings. The van der Waals surface area contributed by atoms with Crippen LogP contribution < -0.4 is 11.1 Å². The zero-order valence-electron chi connectivity index (χ0n) is 17.0. The van der Waals surface area contributed by atoms with Crippen LogP contribution in [-0.2, 0) is 17.7 Å². The molecule has 0 aliphatic carbocycles. The third kappa shape index (κ3) is 4.32. The largest absolute Gasteiger partial charge is 0.444 e. The fraction of sp³-hybridized carbons (Fsp3) is 0.500. The second-order valence-corrected chi connectivity index (χ2v) is 7.78. The molecule has 8 heteroatoms. The Labute approximate surface area is 164 Å². The summed E-state index contributed by atoms with van der Waals surface area (Å²) in [7, 11) is 0. The van der Waals surface area contributed by atoms with Crippen molar-refractivity contribution in [2.45, 2.75) is 59.1 Å². The Kier molecular flexibility index (Phi) is 5.67. The van der Waals surface area contributed by atoms with E-state index in [0.29, 0.717) is 24.4 Å². The first-order valence-corrected chi connectivity index (χ1v) is 9.66. The summed E-state index contributed by atoms with van der Waals surface area (Å²) in [6, 6.07) is 3.73. The van der Waals surface area contributed by atoms with Gasteiger partial charge < -0.3 is 20.4 Å². The minimum atomic E-state index is -0.529. The molecule has 0 radical (unpaired) electrons. The van der Waals surface area contributed by atoms with Crippen LogP contribution in [0.1, 0.15) is 46.4 Å². The van der Waals surface area contributed by atoms with Gasteiger partial charge in [-0.2, -0.15) is 0 Å². The first kappa shape index (κ1) is 19.9. The lowest BCUT2D eigenvalue weighted by atomic mass is 10.2. The van der Waals surface area contributed by atoms with E-state index in [1.807, 2.05) is 32.9 Å². The van der Waals surface area contributed by atoms with Crippen molar-refractivity contribution in [3.05, 3.63) is 24.2 Å². The molecule has 0 unspecified atom stereocenters. The smallest absolute Gasteiger partial charge is 0.407 e. The number of fused-ring (bicyclic) bond motifs is 3. The third-order valence-corrected chi connectivity index (χ3v) is 4.30. The first-order valence-electron chi connectivity index (χ1n) is 9.66. The van der Waals surface area contributed by atoms with E-state index in [1.165, 1.54) is 0 Å². The molecule has 3 rings (SSSR count). The van der Waals surface area contributed by atoms with Crippen LogP contribution in [0, 0.1) is 0 Å². The van der Waals surface area contributed by atoms with Gasteiger partial charge in [-0.15, -0.1) is 0 Å². The molecule has 0 aromatic carbocycles. The van der Waals surface area contributed by atoms with Gasteiger partial charge in [0.2, 0.25) is 0 Å². The lowest BCUT2D eigenvalue weighted by Crippen LogP contribution is -2.34. The van der Waals surface area contributed by atoms with Crippen LogP contribution in [0.15, 0.2) is 18.3 Å². The number of alkyl carbamates (subject to hydrolysis) is 1. The molecule has 0 aliphatic rings. The summed E-state index contributed by atoms with van der Waals surface area (Å²) in [5.41, 5.74) is 8.66. The fourth-order valence-corrected chi connectivity index (χ4v) is 3.12. The van der Waals surface area contributed by atoms with Gasteiger partial charge in [0.1, 0.15) is 28.0 Å². The van der Waals surface area contributed by atoms with E-state index in [1.54, 1.807) is 6.20 Å². The molecule has 1 amide bonds. The molecule has 3 aromatic heterocycles. The first-order chi connectivity index (χ1) is 13.3. The number of hydrogen-bond acceptors (Lipinski definition) is 6. The van der Waals surface area contributed by atoms with E-state index in [4.69, 9.17) is 15.5 Å². The summed E-state index contributed by atoms with van der Waals surface area (Å²) in [6.07, 6.45) is 4.21. The van der Waals surface area contributed by atoms with E-state index in [2.05, 4.69) is 26.8 Å². The zero-order chi connectivity index (χ0) is 20.3. The molecular formula is C20H28N6O2. The van der Waals surface area contributed by atoms with Gasteiger partial charge in [0, 0.05) is 25.7 Å². The number of pyridine rings is 2. The van der Waals surface area contributed by atoms with Crippen LogP contribution >= 0.6 is 0 Å². The fourth-order valence-electron chi connectivity index (χ4n) is 3.12. The van der Waals surface area contributed by atoms with E-state index in [0.717, 1.165) is 41.6 Å². The SMILES string of the molecule is CCCCc1nc2c(N)nc3cccnc3c2n1CCNC(=O)OC(C)(C)C. The Morgan fingerprint density at radius 1 is 1.29 bits per heavy atom. The summed E-state index contributed by atoms with van der Waals surface area (Å²) in [5, 5.41) is 2.81. The summed E-state index contributed by atoms with van der Waals surface area (Å²) in [6.45, 7) is 8.62. The maximum atomic E-state index is 12.0. The van der Waals surface area contributed by atoms with E-state index >= 15 is 0 Å². The number of imidazole rings is 1. The molecule has 3 heterocycles. The summed E-state index contributed by atoms with van der Waals surface area (Å²) in [4.78, 5) is 25.7. The molecule has 150 valence electrons. The second-order valence-electron chi connectivity index (χ2n) is 7.78. The predicted molar refractivity (Wildman–Crippen MR) is 110 cm³/mol. The molecule has 0 aliphatic heterocycles. The molecule has 0 spiro atoms. The molecule has 0 saturated heterocycles. The van der Waals surface area contributed by atoms with E-state index < -0.39 is 11.7 Å². The van der Waals surface area contributed by atoms with Crippen molar-refractivity contribution >= 4 is 34.0 Å². The number of aryl methyl sites for hydroxylation is 1. The van der Waals surface area contributed by atoms with Crippen LogP contribution in [0.2, 0.25) is 0 Å². The van der Waals surface area contributed by atoms with Crippen molar-refractivity contribution < 1.29 is 9.53 Å². The van der Waals surface area contributed by atoms with Gasteiger partial charge in [0.05, 0.1) is 5.52 Å². The molecule has 3 N–H and O–H groups in total. The number of ether oxygens (including phenoxy) is 1. The molecule has 0 fully saturated rings. The maximum absolute atomic E-state index is 12.0. The van der Waals surface area contributed by atoms with Gasteiger partial charge in [-0.1, -0.05) is 13.3 Å². The highest BCUT2D eigenvalue weighted by Gasteiger charge is 2.19. The van der Waals surface area contributed by atoms with Crippen molar-refractivity contribution in [1.29, 1.82) is 0 Å². The number of anilines is 1. The van der Waals surface area contributed by atoms with Crippen molar-refractivity contribution in [3.8, 4) is 0 Å². The Hall–Kier alpha value is -2.90. The molecule has 28 heavy (non-hydrogen) atoms. The number of unbranched alkanes of at least 4 members (excludes halogenated alkanes) is 1. The van der Waals surface area contributed by atoms with Crippen molar-refractivity contribution in [1.82, 2.24) is 24.8 Å². The molecule has 0 saturated carbocycles. The maximum Gasteiger partial charge on any atom is 0.407 e. The van der Waals surface area contributed by atoms with Crippen LogP contribution in [-0.4, -0.2) is 37.8 Å². The summed E-state index contributed by atoms with van der Waals surface area (Å²) in [5.74, 6) is 1.32. The lowest BCUT2D eigenvalue weighted by Gasteiger charge is -2.20. The number of hydrogen-bond donors (Lipinski definition) is 2. The number of carbonyl (C=O) groups excluding carboxylic acids is 1. The normalized spacial score (nSPS) is 11.9.